The summed E-state index contributed by atoms with van der Waals surface area (Å²) >= 11 is 0. The first-order valence-electron chi connectivity index (χ1n) is 19.2. The van der Waals surface area contributed by atoms with Crippen molar-refractivity contribution in [3.63, 3.8) is 0 Å². The predicted octanol–water partition coefficient (Wildman–Crippen LogP) is 15.3. The smallest absolute Gasteiger partial charge is 0.453 e. The molecular weight excluding hydrogens is 766 g/mol. The number of hydrogen-bond acceptors (Lipinski definition) is 8. The van der Waals surface area contributed by atoms with Crippen molar-refractivity contribution in [1.29, 1.82) is 0 Å². The Morgan fingerprint density at radius 1 is 0.397 bits per heavy atom. The van der Waals surface area contributed by atoms with Gasteiger partial charge in [-0.3, -0.25) is 0 Å². The summed E-state index contributed by atoms with van der Waals surface area (Å²) in [4.78, 5) is 0. The minimum absolute atomic E-state index is 0.607. The largest absolute Gasteiger partial charge is 0.497 e. The molecule has 2 aromatic heterocycles. The standard InChI is InChI=1S/C48H48O8P2/c1-25-17-29(5)45-39(19-25)40-20-26(2)18-30(6)46(40)54-58(53-45)56-48-32(8)22-28(4)34(10)44(48)43-33(9)27(3)21-31(7)47(43)55-57-51-41-15-13-35(49-11)23-37(41)38-24-36(50-12)14-16-42(38)52-57/h13-24H,1-12H3. The van der Waals surface area contributed by atoms with E-state index in [1.54, 1.807) is 14.2 Å². The molecule has 10 heteroatoms. The van der Waals surface area contributed by atoms with E-state index >= 15 is 0 Å². The molecule has 0 N–H and O–H groups in total. The quantitative estimate of drug-likeness (QED) is 0.157. The Morgan fingerprint density at radius 3 is 1.19 bits per heavy atom. The molecule has 0 saturated heterocycles. The van der Waals surface area contributed by atoms with Crippen molar-refractivity contribution in [3.05, 3.63) is 128 Å². The second-order valence-corrected chi connectivity index (χ2v) is 17.3. The minimum Gasteiger partial charge on any atom is -0.497 e. The molecule has 0 radical (unpaired) electrons. The first kappa shape index (κ1) is 39.2. The molecule has 0 saturated carbocycles. The van der Waals surface area contributed by atoms with Gasteiger partial charge in [-0.05, 0) is 173 Å². The Labute approximate surface area is 340 Å². The lowest BCUT2D eigenvalue weighted by Gasteiger charge is -2.22. The Morgan fingerprint density at radius 2 is 0.793 bits per heavy atom. The second kappa shape index (κ2) is 15.2. The summed E-state index contributed by atoms with van der Waals surface area (Å²) < 4.78 is 52.2. The van der Waals surface area contributed by atoms with Gasteiger partial charge in [0.15, 0.2) is 0 Å². The van der Waals surface area contributed by atoms with Crippen LogP contribution in [-0.4, -0.2) is 14.2 Å². The second-order valence-electron chi connectivity index (χ2n) is 15.3. The number of fused-ring (bicyclic) bond motifs is 6. The van der Waals surface area contributed by atoms with Gasteiger partial charge in [0.25, 0.3) is 0 Å². The summed E-state index contributed by atoms with van der Waals surface area (Å²) in [6.07, 6.45) is 0. The summed E-state index contributed by atoms with van der Waals surface area (Å²) in [5, 5.41) is 3.61. The van der Waals surface area contributed by atoms with Crippen molar-refractivity contribution in [2.24, 2.45) is 0 Å². The molecule has 58 heavy (non-hydrogen) atoms. The van der Waals surface area contributed by atoms with Gasteiger partial charge in [0.1, 0.15) is 45.3 Å². The Balaban J connectivity index is 1.38. The van der Waals surface area contributed by atoms with Gasteiger partial charge in [-0.25, -0.2) is 0 Å². The summed E-state index contributed by atoms with van der Waals surface area (Å²) in [7, 11) is -0.696. The number of aryl methyl sites for hydroxylation is 8. The molecule has 8 rings (SSSR count). The van der Waals surface area contributed by atoms with Crippen LogP contribution in [0.3, 0.4) is 0 Å². The van der Waals surface area contributed by atoms with E-state index in [2.05, 4.69) is 106 Å². The third kappa shape index (κ3) is 6.99. The van der Waals surface area contributed by atoms with E-state index in [0.717, 1.165) is 99.5 Å². The normalized spacial score (nSPS) is 11.4. The molecule has 2 heterocycles. The highest BCUT2D eigenvalue weighted by atomic mass is 31.1. The molecule has 0 amide bonds. The fourth-order valence-corrected chi connectivity index (χ4v) is 10.4. The van der Waals surface area contributed by atoms with Crippen molar-refractivity contribution in [1.82, 2.24) is 0 Å². The van der Waals surface area contributed by atoms with Crippen LogP contribution in [0.4, 0.5) is 0 Å². The van der Waals surface area contributed by atoms with Crippen LogP contribution < -0.4 is 18.5 Å². The highest BCUT2D eigenvalue weighted by Gasteiger charge is 2.26. The minimum atomic E-state index is -2.01. The van der Waals surface area contributed by atoms with Gasteiger partial charge in [0.2, 0.25) is 0 Å². The molecule has 0 spiro atoms. The third-order valence-electron chi connectivity index (χ3n) is 11.0. The summed E-state index contributed by atoms with van der Waals surface area (Å²) in [6, 6.07) is 24.3. The van der Waals surface area contributed by atoms with Gasteiger partial charge in [-0.2, -0.15) is 0 Å². The molecule has 0 bridgehead atoms. The third-order valence-corrected chi connectivity index (χ3v) is 13.0. The molecule has 298 valence electrons. The fourth-order valence-electron chi connectivity index (χ4n) is 7.94. The lowest BCUT2D eigenvalue weighted by atomic mass is 9.87. The molecule has 0 fully saturated rings. The average molecular weight is 815 g/mol. The Bertz CT molecular complexity index is 2910. The zero-order valence-corrected chi connectivity index (χ0v) is 36.9. The van der Waals surface area contributed by atoms with Gasteiger partial charge >= 0.3 is 16.5 Å². The summed E-state index contributed by atoms with van der Waals surface area (Å²) in [5.74, 6) is 2.69. The van der Waals surface area contributed by atoms with Crippen molar-refractivity contribution in [2.75, 3.05) is 14.2 Å². The maximum absolute atomic E-state index is 7.09. The monoisotopic (exact) mass is 814 g/mol. The molecule has 8 nitrogen and oxygen atoms in total. The maximum atomic E-state index is 7.09. The molecule has 8 aromatic rings. The van der Waals surface area contributed by atoms with Crippen LogP contribution in [0.25, 0.3) is 55.0 Å². The first-order chi connectivity index (χ1) is 27.7. The van der Waals surface area contributed by atoms with E-state index in [4.69, 9.17) is 35.3 Å². The van der Waals surface area contributed by atoms with Crippen molar-refractivity contribution < 1.29 is 35.3 Å². The van der Waals surface area contributed by atoms with Gasteiger partial charge in [-0.15, -0.1) is 0 Å². The number of ether oxygens (including phenoxy) is 2. The van der Waals surface area contributed by atoms with Crippen molar-refractivity contribution in [3.8, 4) is 34.1 Å². The highest BCUT2D eigenvalue weighted by Crippen LogP contribution is 2.52. The van der Waals surface area contributed by atoms with Gasteiger partial charge in [0.05, 0.1) is 14.2 Å². The average Bonchev–Trinajstić information content (AvgIpc) is 3.44. The van der Waals surface area contributed by atoms with Crippen LogP contribution in [0, 0.1) is 69.2 Å². The van der Waals surface area contributed by atoms with Crippen molar-refractivity contribution >= 4 is 60.4 Å². The van der Waals surface area contributed by atoms with Crippen LogP contribution in [0.5, 0.6) is 23.0 Å². The van der Waals surface area contributed by atoms with Crippen LogP contribution in [0.15, 0.2) is 89.6 Å². The number of methoxy groups -OCH3 is 2. The van der Waals surface area contributed by atoms with E-state index in [1.165, 1.54) is 0 Å². The molecule has 0 unspecified atom stereocenters. The molecule has 6 aromatic carbocycles. The lowest BCUT2D eigenvalue weighted by Crippen LogP contribution is -2.01. The van der Waals surface area contributed by atoms with Crippen LogP contribution in [0.2, 0.25) is 0 Å². The molecule has 0 aliphatic heterocycles. The summed E-state index contributed by atoms with van der Waals surface area (Å²) in [5.41, 5.74) is 15.1. The van der Waals surface area contributed by atoms with E-state index in [9.17, 15) is 0 Å². The number of benzene rings is 6. The Kier molecular flexibility index (Phi) is 10.3. The number of rotatable bonds is 7. The zero-order valence-electron chi connectivity index (χ0n) is 35.1. The predicted molar refractivity (Wildman–Crippen MR) is 237 cm³/mol. The van der Waals surface area contributed by atoms with E-state index in [1.807, 2.05) is 36.4 Å². The van der Waals surface area contributed by atoms with Gasteiger partial charge in [0, 0.05) is 32.7 Å². The lowest BCUT2D eigenvalue weighted by molar-refractivity contribution is 0.415. The highest BCUT2D eigenvalue weighted by molar-refractivity contribution is 7.32. The van der Waals surface area contributed by atoms with E-state index in [-0.39, 0.29) is 0 Å². The molecule has 0 aliphatic carbocycles. The van der Waals surface area contributed by atoms with Crippen molar-refractivity contribution in [2.45, 2.75) is 69.2 Å². The van der Waals surface area contributed by atoms with Crippen LogP contribution in [0.1, 0.15) is 55.6 Å². The SMILES string of the molecule is COc1ccc2op(Oc3c(C)cc(C)c(C)c3-c3c(C)c(C)cc(C)c3Op3oc4c(C)cc(C)cc4c4cc(C)cc(C)c4o3)oc3ccc(OC)cc3c2c1. The topological polar surface area (TPSA) is 89.5 Å². The Hall–Kier alpha value is -5.68. The molecule has 0 aliphatic rings. The molecule has 0 atom stereocenters. The maximum Gasteiger partial charge on any atom is 0.453 e. The molecular formula is C48H48O8P2. The first-order valence-corrected chi connectivity index (χ1v) is 21.4. The van der Waals surface area contributed by atoms with Gasteiger partial charge < -0.3 is 35.3 Å². The fraction of sp³-hybridized carbons (Fsp3) is 0.250. The van der Waals surface area contributed by atoms with Crippen LogP contribution in [-0.2, 0) is 0 Å². The van der Waals surface area contributed by atoms with Gasteiger partial charge in [-0.1, -0.05) is 24.3 Å². The summed E-state index contributed by atoms with van der Waals surface area (Å²) in [6.45, 7) is 21.0. The van der Waals surface area contributed by atoms with E-state index < -0.39 is 16.5 Å². The van der Waals surface area contributed by atoms with E-state index in [0.29, 0.717) is 34.2 Å². The zero-order chi connectivity index (χ0) is 41.2. The van der Waals surface area contributed by atoms with Crippen LogP contribution >= 0.6 is 16.5 Å². The number of hydrogen-bond donors (Lipinski definition) is 0.